The summed E-state index contributed by atoms with van der Waals surface area (Å²) in [6.07, 6.45) is 2.00. The van der Waals surface area contributed by atoms with Crippen molar-refractivity contribution in [3.05, 3.63) is 24.3 Å². The van der Waals surface area contributed by atoms with E-state index in [1.807, 2.05) is 24.3 Å². The Morgan fingerprint density at radius 3 is 2.52 bits per heavy atom. The molecule has 2 amide bonds. The van der Waals surface area contributed by atoms with Crippen LogP contribution < -0.4 is 15.0 Å². The molecule has 2 saturated heterocycles. The van der Waals surface area contributed by atoms with Crippen LogP contribution in [-0.4, -0.2) is 69.3 Å². The van der Waals surface area contributed by atoms with E-state index in [1.165, 1.54) is 0 Å². The molecule has 2 aliphatic rings. The van der Waals surface area contributed by atoms with Gasteiger partial charge in [-0.15, -0.1) is 0 Å². The van der Waals surface area contributed by atoms with Gasteiger partial charge in [0.05, 0.1) is 13.2 Å². The minimum atomic E-state index is -0.534. The Kier molecular flexibility index (Phi) is 5.75. The average molecular weight is 347 g/mol. The van der Waals surface area contributed by atoms with Crippen molar-refractivity contribution in [3.63, 3.8) is 0 Å². The quantitative estimate of drug-likeness (QED) is 0.810. The van der Waals surface area contributed by atoms with Crippen molar-refractivity contribution in [2.24, 2.45) is 0 Å². The van der Waals surface area contributed by atoms with E-state index in [2.05, 4.69) is 10.2 Å². The molecule has 25 heavy (non-hydrogen) atoms. The van der Waals surface area contributed by atoms with Gasteiger partial charge in [0.15, 0.2) is 0 Å². The lowest BCUT2D eigenvalue weighted by Crippen LogP contribution is -2.53. The van der Waals surface area contributed by atoms with Gasteiger partial charge in [0, 0.05) is 45.0 Å². The van der Waals surface area contributed by atoms with E-state index in [1.54, 1.807) is 12.0 Å². The number of hydrogen-bond acceptors (Lipinski definition) is 5. The van der Waals surface area contributed by atoms with Crippen LogP contribution in [0.5, 0.6) is 5.75 Å². The predicted molar refractivity (Wildman–Crippen MR) is 93.8 cm³/mol. The largest absolute Gasteiger partial charge is 0.497 e. The molecule has 136 valence electrons. The zero-order chi connectivity index (χ0) is 17.6. The second-order valence-electron chi connectivity index (χ2n) is 6.32. The highest BCUT2D eigenvalue weighted by atomic mass is 16.5. The maximum atomic E-state index is 12.3. The number of benzene rings is 1. The fourth-order valence-corrected chi connectivity index (χ4v) is 3.19. The number of amides is 2. The summed E-state index contributed by atoms with van der Waals surface area (Å²) in [5, 5.41) is 2.69. The summed E-state index contributed by atoms with van der Waals surface area (Å²) in [5.41, 5.74) is 1.09. The van der Waals surface area contributed by atoms with Gasteiger partial charge in [-0.05, 0) is 37.1 Å². The van der Waals surface area contributed by atoms with E-state index >= 15 is 0 Å². The molecule has 1 atom stereocenters. The van der Waals surface area contributed by atoms with Gasteiger partial charge < -0.3 is 24.6 Å². The van der Waals surface area contributed by atoms with Gasteiger partial charge in [-0.1, -0.05) is 0 Å². The minimum absolute atomic E-state index is 0.0451. The van der Waals surface area contributed by atoms with Gasteiger partial charge in [-0.25, -0.2) is 0 Å². The van der Waals surface area contributed by atoms with Gasteiger partial charge in [0.1, 0.15) is 5.75 Å². The molecule has 0 aromatic heterocycles. The van der Waals surface area contributed by atoms with Crippen molar-refractivity contribution in [1.82, 2.24) is 10.2 Å². The molecule has 7 nitrogen and oxygen atoms in total. The molecule has 1 N–H and O–H groups in total. The van der Waals surface area contributed by atoms with Crippen LogP contribution in [0.2, 0.25) is 0 Å². The monoisotopic (exact) mass is 347 g/mol. The van der Waals surface area contributed by atoms with Crippen LogP contribution in [0.4, 0.5) is 5.69 Å². The highest BCUT2D eigenvalue weighted by molar-refractivity contribution is 6.35. The molecule has 0 bridgehead atoms. The van der Waals surface area contributed by atoms with Gasteiger partial charge in [0.25, 0.3) is 0 Å². The minimum Gasteiger partial charge on any atom is -0.497 e. The number of carbonyl (C=O) groups is 2. The Labute approximate surface area is 147 Å². The molecule has 2 fully saturated rings. The maximum absolute atomic E-state index is 12.3. The molecule has 1 aromatic rings. The number of anilines is 1. The van der Waals surface area contributed by atoms with Crippen LogP contribution in [0.25, 0.3) is 0 Å². The molecular weight excluding hydrogens is 322 g/mol. The number of carbonyl (C=O) groups excluding carboxylic acids is 2. The van der Waals surface area contributed by atoms with Gasteiger partial charge >= 0.3 is 11.8 Å². The molecule has 3 rings (SSSR count). The number of nitrogens with one attached hydrogen (secondary N) is 1. The smallest absolute Gasteiger partial charge is 0.312 e. The molecule has 2 aliphatic heterocycles. The van der Waals surface area contributed by atoms with E-state index in [0.717, 1.165) is 30.9 Å². The van der Waals surface area contributed by atoms with E-state index < -0.39 is 11.8 Å². The molecule has 0 spiro atoms. The molecule has 0 saturated carbocycles. The molecule has 1 unspecified atom stereocenters. The third kappa shape index (κ3) is 4.42. The lowest BCUT2D eigenvalue weighted by Gasteiger charge is -2.35. The second kappa shape index (κ2) is 8.20. The lowest BCUT2D eigenvalue weighted by molar-refractivity contribution is -0.146. The van der Waals surface area contributed by atoms with Crippen molar-refractivity contribution >= 4 is 17.5 Å². The Bertz CT molecular complexity index is 591. The zero-order valence-corrected chi connectivity index (χ0v) is 14.6. The summed E-state index contributed by atoms with van der Waals surface area (Å²) >= 11 is 0. The Morgan fingerprint density at radius 1 is 1.20 bits per heavy atom. The first-order chi connectivity index (χ1) is 12.2. The SMILES string of the molecule is COc1ccc(N2CCN(C(=O)C(=O)NCC3CCCO3)CC2)cc1. The summed E-state index contributed by atoms with van der Waals surface area (Å²) in [6, 6.07) is 7.85. The van der Waals surface area contributed by atoms with Crippen LogP contribution in [0.1, 0.15) is 12.8 Å². The first-order valence-corrected chi connectivity index (χ1v) is 8.75. The Balaban J connectivity index is 1.45. The first-order valence-electron chi connectivity index (χ1n) is 8.75. The van der Waals surface area contributed by atoms with Crippen molar-refractivity contribution in [2.45, 2.75) is 18.9 Å². The standard InChI is InChI=1S/C18H25N3O4/c1-24-15-6-4-14(5-7-15)20-8-10-21(11-9-20)18(23)17(22)19-13-16-3-2-12-25-16/h4-7,16H,2-3,8-13H2,1H3,(H,19,22). The van der Waals surface area contributed by atoms with E-state index in [9.17, 15) is 9.59 Å². The van der Waals surface area contributed by atoms with Crippen LogP contribution in [0, 0.1) is 0 Å². The van der Waals surface area contributed by atoms with Crippen LogP contribution in [0.15, 0.2) is 24.3 Å². The van der Waals surface area contributed by atoms with E-state index in [-0.39, 0.29) is 6.10 Å². The number of rotatable bonds is 4. The van der Waals surface area contributed by atoms with Gasteiger partial charge in [0.2, 0.25) is 0 Å². The number of ether oxygens (including phenoxy) is 2. The van der Waals surface area contributed by atoms with Gasteiger partial charge in [-0.2, -0.15) is 0 Å². The summed E-state index contributed by atoms with van der Waals surface area (Å²) in [5.74, 6) is -0.166. The van der Waals surface area contributed by atoms with Crippen molar-refractivity contribution in [3.8, 4) is 5.75 Å². The summed E-state index contributed by atoms with van der Waals surface area (Å²) in [4.78, 5) is 28.1. The van der Waals surface area contributed by atoms with Crippen molar-refractivity contribution in [1.29, 1.82) is 0 Å². The number of methoxy groups -OCH3 is 1. The highest BCUT2D eigenvalue weighted by Crippen LogP contribution is 2.20. The molecular formula is C18H25N3O4. The molecule has 0 radical (unpaired) electrons. The Morgan fingerprint density at radius 2 is 1.92 bits per heavy atom. The summed E-state index contributed by atoms with van der Waals surface area (Å²) in [6.45, 7) is 3.64. The molecule has 0 aliphatic carbocycles. The van der Waals surface area contributed by atoms with Crippen molar-refractivity contribution < 1.29 is 19.1 Å². The zero-order valence-electron chi connectivity index (χ0n) is 14.6. The van der Waals surface area contributed by atoms with Crippen LogP contribution in [0.3, 0.4) is 0 Å². The normalized spacial score (nSPS) is 20.4. The topological polar surface area (TPSA) is 71.1 Å². The third-order valence-corrected chi connectivity index (χ3v) is 4.71. The number of piperazine rings is 1. The molecule has 7 heteroatoms. The molecule has 2 heterocycles. The van der Waals surface area contributed by atoms with Crippen LogP contribution in [-0.2, 0) is 14.3 Å². The van der Waals surface area contributed by atoms with Gasteiger partial charge in [-0.3, -0.25) is 9.59 Å². The fourth-order valence-electron chi connectivity index (χ4n) is 3.19. The van der Waals surface area contributed by atoms with Crippen LogP contribution >= 0.6 is 0 Å². The van der Waals surface area contributed by atoms with E-state index in [4.69, 9.17) is 9.47 Å². The summed E-state index contributed by atoms with van der Waals surface area (Å²) < 4.78 is 10.6. The maximum Gasteiger partial charge on any atom is 0.312 e. The third-order valence-electron chi connectivity index (χ3n) is 4.71. The van der Waals surface area contributed by atoms with Crippen molar-refractivity contribution in [2.75, 3.05) is 51.3 Å². The predicted octanol–water partition coefficient (Wildman–Crippen LogP) is 0.639. The van der Waals surface area contributed by atoms with E-state index in [0.29, 0.717) is 32.7 Å². The highest BCUT2D eigenvalue weighted by Gasteiger charge is 2.27. The number of hydrogen-bond donors (Lipinski definition) is 1. The first kappa shape index (κ1) is 17.5. The average Bonchev–Trinajstić information content (AvgIpc) is 3.19. The summed E-state index contributed by atoms with van der Waals surface area (Å²) in [7, 11) is 1.64. The molecule has 1 aromatic carbocycles. The Hall–Kier alpha value is -2.28. The number of nitrogens with zero attached hydrogens (tertiary/aromatic N) is 2. The fraction of sp³-hybridized carbons (Fsp3) is 0.556. The lowest BCUT2D eigenvalue weighted by atomic mass is 10.2. The second-order valence-corrected chi connectivity index (χ2v) is 6.32.